The first-order valence-corrected chi connectivity index (χ1v) is 10.2. The summed E-state index contributed by atoms with van der Waals surface area (Å²) in [6, 6.07) is 1.89. The third-order valence-electron chi connectivity index (χ3n) is 3.83. The number of hydrogen-bond acceptors (Lipinski definition) is 5. The summed E-state index contributed by atoms with van der Waals surface area (Å²) in [5.41, 5.74) is 0.962. The first-order chi connectivity index (χ1) is 10.9. The van der Waals surface area contributed by atoms with Gasteiger partial charge in [-0.3, -0.25) is 9.59 Å². The average Bonchev–Trinajstić information content (AvgIpc) is 3.03. The van der Waals surface area contributed by atoms with E-state index in [2.05, 4.69) is 10.6 Å². The molecule has 0 saturated carbocycles. The van der Waals surface area contributed by atoms with Crippen molar-refractivity contribution in [2.75, 3.05) is 25.9 Å². The lowest BCUT2D eigenvalue weighted by Gasteiger charge is -2.30. The van der Waals surface area contributed by atoms with Gasteiger partial charge in [-0.2, -0.15) is 11.3 Å². The summed E-state index contributed by atoms with van der Waals surface area (Å²) in [5.74, 6) is -1.10. The molecule has 1 fully saturated rings. The van der Waals surface area contributed by atoms with Gasteiger partial charge in [-0.15, -0.1) is 0 Å². The van der Waals surface area contributed by atoms with Gasteiger partial charge in [-0.25, -0.2) is 12.7 Å². The van der Waals surface area contributed by atoms with Crippen molar-refractivity contribution < 1.29 is 18.0 Å². The van der Waals surface area contributed by atoms with Gasteiger partial charge in [0.25, 0.3) is 0 Å². The zero-order valence-corrected chi connectivity index (χ0v) is 14.6. The first kappa shape index (κ1) is 17.9. The third kappa shape index (κ3) is 5.60. The summed E-state index contributed by atoms with van der Waals surface area (Å²) in [6.07, 6.45) is 2.57. The van der Waals surface area contributed by atoms with Crippen molar-refractivity contribution in [1.29, 1.82) is 0 Å². The summed E-state index contributed by atoms with van der Waals surface area (Å²) < 4.78 is 24.3. The SMILES string of the molecule is CS(=O)(=O)N1CCC(CNC(=O)C(=O)NCc2ccsc2)CC1. The molecule has 2 heterocycles. The molecule has 0 aliphatic carbocycles. The van der Waals surface area contributed by atoms with Crippen LogP contribution < -0.4 is 10.6 Å². The van der Waals surface area contributed by atoms with Crippen LogP contribution in [-0.4, -0.2) is 50.4 Å². The molecule has 0 aromatic carbocycles. The molecular weight excluding hydrogens is 338 g/mol. The Morgan fingerprint density at radius 2 is 1.91 bits per heavy atom. The van der Waals surface area contributed by atoms with Crippen LogP contribution in [0.25, 0.3) is 0 Å². The molecular formula is C14H21N3O4S2. The van der Waals surface area contributed by atoms with Crippen LogP contribution in [0.3, 0.4) is 0 Å². The van der Waals surface area contributed by atoms with Crippen LogP contribution in [-0.2, 0) is 26.2 Å². The van der Waals surface area contributed by atoms with E-state index < -0.39 is 21.8 Å². The Morgan fingerprint density at radius 1 is 1.26 bits per heavy atom. The molecule has 1 aromatic rings. The van der Waals surface area contributed by atoms with Crippen molar-refractivity contribution in [3.8, 4) is 0 Å². The smallest absolute Gasteiger partial charge is 0.309 e. The van der Waals surface area contributed by atoms with E-state index in [1.54, 1.807) is 0 Å². The molecule has 0 bridgehead atoms. The lowest BCUT2D eigenvalue weighted by Crippen LogP contribution is -2.44. The van der Waals surface area contributed by atoms with Crippen molar-refractivity contribution >= 4 is 33.2 Å². The van der Waals surface area contributed by atoms with Gasteiger partial charge >= 0.3 is 11.8 Å². The van der Waals surface area contributed by atoms with E-state index in [4.69, 9.17) is 0 Å². The molecule has 1 aliphatic heterocycles. The van der Waals surface area contributed by atoms with Crippen molar-refractivity contribution in [3.05, 3.63) is 22.4 Å². The number of hydrogen-bond donors (Lipinski definition) is 2. The molecule has 2 N–H and O–H groups in total. The number of carbonyl (C=O) groups excluding carboxylic acids is 2. The number of sulfonamides is 1. The minimum Gasteiger partial charge on any atom is -0.348 e. The van der Waals surface area contributed by atoms with Crippen LogP contribution in [0.15, 0.2) is 16.8 Å². The molecule has 2 amide bonds. The Balaban J connectivity index is 1.67. The van der Waals surface area contributed by atoms with Crippen LogP contribution in [0.4, 0.5) is 0 Å². The van der Waals surface area contributed by atoms with Crippen LogP contribution in [0.5, 0.6) is 0 Å². The molecule has 1 aromatic heterocycles. The van der Waals surface area contributed by atoms with Crippen LogP contribution in [0.1, 0.15) is 18.4 Å². The second kappa shape index (κ2) is 7.89. The predicted octanol–water partition coefficient (Wildman–Crippen LogP) is 0.152. The average molecular weight is 359 g/mol. The molecule has 128 valence electrons. The fourth-order valence-corrected chi connectivity index (χ4v) is 3.96. The van der Waals surface area contributed by atoms with Crippen LogP contribution in [0.2, 0.25) is 0 Å². The van der Waals surface area contributed by atoms with E-state index in [1.165, 1.54) is 21.9 Å². The number of thiophene rings is 1. The molecule has 9 heteroatoms. The van der Waals surface area contributed by atoms with Crippen molar-refractivity contribution in [2.24, 2.45) is 5.92 Å². The Labute approximate surface area is 140 Å². The van der Waals surface area contributed by atoms with Crippen molar-refractivity contribution in [3.63, 3.8) is 0 Å². The van der Waals surface area contributed by atoms with Crippen LogP contribution in [0, 0.1) is 5.92 Å². The third-order valence-corrected chi connectivity index (χ3v) is 5.87. The lowest BCUT2D eigenvalue weighted by molar-refractivity contribution is -0.139. The topological polar surface area (TPSA) is 95.6 Å². The fourth-order valence-electron chi connectivity index (χ4n) is 2.42. The highest BCUT2D eigenvalue weighted by atomic mass is 32.2. The van der Waals surface area contributed by atoms with Gasteiger partial charge < -0.3 is 10.6 Å². The minimum absolute atomic E-state index is 0.196. The number of amides is 2. The second-order valence-corrected chi connectivity index (χ2v) is 8.39. The van der Waals surface area contributed by atoms with Gasteiger partial charge in [0.1, 0.15) is 0 Å². The van der Waals surface area contributed by atoms with E-state index >= 15 is 0 Å². The van der Waals surface area contributed by atoms with Gasteiger partial charge in [0.15, 0.2) is 0 Å². The van der Waals surface area contributed by atoms with E-state index in [9.17, 15) is 18.0 Å². The highest BCUT2D eigenvalue weighted by molar-refractivity contribution is 7.88. The van der Waals surface area contributed by atoms with Gasteiger partial charge in [0.05, 0.1) is 6.26 Å². The van der Waals surface area contributed by atoms with E-state index in [1.807, 2.05) is 16.8 Å². The number of nitrogens with one attached hydrogen (secondary N) is 2. The van der Waals surface area contributed by atoms with Gasteiger partial charge in [0.2, 0.25) is 10.0 Å². The maximum atomic E-state index is 11.7. The largest absolute Gasteiger partial charge is 0.348 e. The second-order valence-electron chi connectivity index (χ2n) is 5.63. The number of piperidine rings is 1. The molecule has 23 heavy (non-hydrogen) atoms. The Bertz CT molecular complexity index is 635. The Morgan fingerprint density at radius 3 is 2.48 bits per heavy atom. The highest BCUT2D eigenvalue weighted by Crippen LogP contribution is 2.18. The van der Waals surface area contributed by atoms with Gasteiger partial charge in [-0.1, -0.05) is 0 Å². The molecule has 1 saturated heterocycles. The normalized spacial score (nSPS) is 16.9. The molecule has 0 atom stereocenters. The summed E-state index contributed by atoms with van der Waals surface area (Å²) in [6.45, 7) is 1.65. The summed E-state index contributed by atoms with van der Waals surface area (Å²) >= 11 is 1.53. The van der Waals surface area contributed by atoms with E-state index in [-0.39, 0.29) is 5.92 Å². The summed E-state index contributed by atoms with van der Waals surface area (Å²) in [5, 5.41) is 9.00. The zero-order chi connectivity index (χ0) is 16.9. The fraction of sp³-hybridized carbons (Fsp3) is 0.571. The Hall–Kier alpha value is -1.45. The highest BCUT2D eigenvalue weighted by Gasteiger charge is 2.25. The monoisotopic (exact) mass is 359 g/mol. The standard InChI is InChI=1S/C14H21N3O4S2/c1-23(20,21)17-5-2-11(3-6-17)8-15-13(18)14(19)16-9-12-4-7-22-10-12/h4,7,10-11H,2-3,5-6,8-9H2,1H3,(H,15,18)(H,16,19). The molecule has 2 rings (SSSR count). The maximum Gasteiger partial charge on any atom is 0.309 e. The quantitative estimate of drug-likeness (QED) is 0.732. The van der Waals surface area contributed by atoms with Crippen molar-refractivity contribution in [2.45, 2.75) is 19.4 Å². The number of nitrogens with zero attached hydrogens (tertiary/aromatic N) is 1. The van der Waals surface area contributed by atoms with Gasteiger partial charge in [-0.05, 0) is 41.1 Å². The first-order valence-electron chi connectivity index (χ1n) is 7.38. The van der Waals surface area contributed by atoms with E-state index in [0.29, 0.717) is 39.0 Å². The molecule has 0 spiro atoms. The predicted molar refractivity (Wildman–Crippen MR) is 88.3 cm³/mol. The number of carbonyl (C=O) groups is 2. The van der Waals surface area contributed by atoms with Gasteiger partial charge in [0, 0.05) is 26.2 Å². The summed E-state index contributed by atoms with van der Waals surface area (Å²) in [4.78, 5) is 23.4. The molecule has 7 nitrogen and oxygen atoms in total. The van der Waals surface area contributed by atoms with E-state index in [0.717, 1.165) is 5.56 Å². The summed E-state index contributed by atoms with van der Waals surface area (Å²) in [7, 11) is -3.14. The maximum absolute atomic E-state index is 11.7. The lowest BCUT2D eigenvalue weighted by atomic mass is 9.98. The zero-order valence-electron chi connectivity index (χ0n) is 12.9. The number of rotatable bonds is 5. The molecule has 0 unspecified atom stereocenters. The van der Waals surface area contributed by atoms with Crippen LogP contribution >= 0.6 is 11.3 Å². The molecule has 0 radical (unpaired) electrons. The van der Waals surface area contributed by atoms with Crippen molar-refractivity contribution in [1.82, 2.24) is 14.9 Å². The Kier molecular flexibility index (Phi) is 6.14. The molecule has 1 aliphatic rings. The minimum atomic E-state index is -3.14.